The fourth-order valence-corrected chi connectivity index (χ4v) is 5.98. The van der Waals surface area contributed by atoms with E-state index in [1.165, 1.54) is 0 Å². The van der Waals surface area contributed by atoms with E-state index in [-0.39, 0.29) is 17.9 Å². The van der Waals surface area contributed by atoms with E-state index in [1.807, 2.05) is 56.9 Å². The van der Waals surface area contributed by atoms with Gasteiger partial charge in [0.15, 0.2) is 11.5 Å². The van der Waals surface area contributed by atoms with E-state index >= 15 is 0 Å². The Morgan fingerprint density at radius 2 is 1.51 bits per heavy atom. The topological polar surface area (TPSA) is 77.5 Å². The van der Waals surface area contributed by atoms with E-state index in [1.54, 1.807) is 12.1 Å². The van der Waals surface area contributed by atoms with Gasteiger partial charge in [-0.3, -0.25) is 4.79 Å². The van der Waals surface area contributed by atoms with E-state index in [0.29, 0.717) is 62.2 Å². The summed E-state index contributed by atoms with van der Waals surface area (Å²) in [5.41, 5.74) is 0.643. The number of hydrogen-bond acceptors (Lipinski definition) is 6. The second kappa shape index (κ2) is 12.1. The van der Waals surface area contributed by atoms with Crippen LogP contribution in [0.3, 0.4) is 0 Å². The van der Waals surface area contributed by atoms with Gasteiger partial charge in [0.05, 0.1) is 38.1 Å². The summed E-state index contributed by atoms with van der Waals surface area (Å²) >= 11 is 0. The van der Waals surface area contributed by atoms with Crippen molar-refractivity contribution in [2.45, 2.75) is 71.4 Å². The zero-order valence-corrected chi connectivity index (χ0v) is 22.6. The van der Waals surface area contributed by atoms with Crippen molar-refractivity contribution in [2.24, 2.45) is 5.92 Å². The van der Waals surface area contributed by atoms with Crippen molar-refractivity contribution in [1.82, 2.24) is 4.90 Å². The van der Waals surface area contributed by atoms with Gasteiger partial charge in [-0.15, -0.1) is 0 Å². The molecule has 0 aromatic heterocycles. The number of amides is 1. The van der Waals surface area contributed by atoms with Gasteiger partial charge >= 0.3 is 0 Å². The molecule has 1 N–H and O–H groups in total. The first kappa shape index (κ1) is 27.1. The Labute approximate surface area is 220 Å². The first-order chi connectivity index (χ1) is 18.0. The van der Waals surface area contributed by atoms with Crippen LogP contribution in [0.15, 0.2) is 36.4 Å². The number of benzene rings is 2. The maximum absolute atomic E-state index is 14.3. The summed E-state index contributed by atoms with van der Waals surface area (Å²) < 4.78 is 23.6. The van der Waals surface area contributed by atoms with Gasteiger partial charge in [-0.1, -0.05) is 31.0 Å². The number of carbonyl (C=O) groups excluding carboxylic acids is 1. The highest BCUT2D eigenvalue weighted by Gasteiger charge is 2.51. The number of para-hydroxylation sites is 1. The van der Waals surface area contributed by atoms with Crippen molar-refractivity contribution >= 4 is 5.91 Å². The van der Waals surface area contributed by atoms with Crippen molar-refractivity contribution < 1.29 is 28.8 Å². The van der Waals surface area contributed by atoms with E-state index in [2.05, 4.69) is 0 Å². The third kappa shape index (κ3) is 5.52. The molecule has 2 aromatic carbocycles. The maximum Gasteiger partial charge on any atom is 0.254 e. The molecule has 1 saturated heterocycles. The van der Waals surface area contributed by atoms with Gasteiger partial charge < -0.3 is 29.0 Å². The van der Waals surface area contributed by atoms with Crippen LogP contribution in [-0.2, 0) is 0 Å². The van der Waals surface area contributed by atoms with Crippen molar-refractivity contribution in [3.8, 4) is 23.0 Å². The van der Waals surface area contributed by atoms with Crippen LogP contribution in [0.2, 0.25) is 0 Å². The first-order valence-electron chi connectivity index (χ1n) is 13.8. The predicted molar refractivity (Wildman–Crippen MR) is 143 cm³/mol. The summed E-state index contributed by atoms with van der Waals surface area (Å²) in [7, 11) is 0. The second-order valence-electron chi connectivity index (χ2n) is 9.72. The molecule has 1 amide bonds. The lowest BCUT2D eigenvalue weighted by atomic mass is 9.66. The van der Waals surface area contributed by atoms with Crippen LogP contribution >= 0.6 is 0 Å². The van der Waals surface area contributed by atoms with Crippen molar-refractivity contribution in [2.75, 3.05) is 33.0 Å². The molecular weight excluding hydrogens is 470 g/mol. The van der Waals surface area contributed by atoms with E-state index in [4.69, 9.17) is 18.9 Å². The molecule has 0 radical (unpaired) electrons. The standard InChI is InChI=1S/C30H41NO6/c1-5-34-24-15-10-9-13-22(24)27-23-14-11-12-16-30(23,33)17-18-31(27)29(32)21-19-25(35-6-2)28(37-8-4)26(20-21)36-7-3/h9-10,13,15,19-20,23,27,33H,5-8,11-12,14,16-18H2,1-4H3/t23-,27+,30+/m1/s1. The van der Waals surface area contributed by atoms with E-state index in [9.17, 15) is 9.90 Å². The molecule has 1 heterocycles. The summed E-state index contributed by atoms with van der Waals surface area (Å²) in [6, 6.07) is 11.1. The van der Waals surface area contributed by atoms with Crippen molar-refractivity contribution in [3.05, 3.63) is 47.5 Å². The molecule has 7 heteroatoms. The highest BCUT2D eigenvalue weighted by atomic mass is 16.5. The van der Waals surface area contributed by atoms with Gasteiger partial charge in [0.1, 0.15) is 5.75 Å². The fraction of sp³-hybridized carbons (Fsp3) is 0.567. The molecule has 7 nitrogen and oxygen atoms in total. The Hall–Kier alpha value is -2.93. The molecule has 1 saturated carbocycles. The smallest absolute Gasteiger partial charge is 0.254 e. The molecule has 37 heavy (non-hydrogen) atoms. The number of rotatable bonds is 10. The Bertz CT molecular complexity index is 1040. The van der Waals surface area contributed by atoms with Gasteiger partial charge in [-0.25, -0.2) is 0 Å². The lowest BCUT2D eigenvalue weighted by molar-refractivity contribution is -0.115. The number of aliphatic hydroxyl groups is 1. The molecule has 4 rings (SSSR count). The first-order valence-corrected chi connectivity index (χ1v) is 13.8. The summed E-state index contributed by atoms with van der Waals surface area (Å²) in [6.07, 6.45) is 4.23. The van der Waals surface area contributed by atoms with Gasteiger partial charge in [-0.2, -0.15) is 0 Å². The largest absolute Gasteiger partial charge is 0.494 e. The number of nitrogens with zero attached hydrogens (tertiary/aromatic N) is 1. The molecule has 0 unspecified atom stereocenters. The second-order valence-corrected chi connectivity index (χ2v) is 9.72. The lowest BCUT2D eigenvalue weighted by Crippen LogP contribution is -2.56. The van der Waals surface area contributed by atoms with Crippen LogP contribution in [0, 0.1) is 5.92 Å². The Morgan fingerprint density at radius 1 is 0.892 bits per heavy atom. The Balaban J connectivity index is 1.80. The van der Waals surface area contributed by atoms with Crippen molar-refractivity contribution in [1.29, 1.82) is 0 Å². The normalized spacial score (nSPS) is 23.2. The maximum atomic E-state index is 14.3. The molecule has 202 valence electrons. The molecule has 1 aliphatic heterocycles. The van der Waals surface area contributed by atoms with Crippen LogP contribution in [-0.4, -0.2) is 54.5 Å². The zero-order valence-electron chi connectivity index (χ0n) is 22.6. The third-order valence-corrected chi connectivity index (χ3v) is 7.52. The van der Waals surface area contributed by atoms with E-state index in [0.717, 1.165) is 37.0 Å². The molecule has 2 aliphatic rings. The quantitative estimate of drug-likeness (QED) is 0.435. The van der Waals surface area contributed by atoms with E-state index < -0.39 is 5.60 Å². The van der Waals surface area contributed by atoms with Gasteiger partial charge in [0.25, 0.3) is 5.91 Å². The average Bonchev–Trinajstić information content (AvgIpc) is 2.90. The highest BCUT2D eigenvalue weighted by Crippen LogP contribution is 2.51. The number of likely N-dealkylation sites (tertiary alicyclic amines) is 1. The number of fused-ring (bicyclic) bond motifs is 1. The molecule has 3 atom stereocenters. The average molecular weight is 512 g/mol. The van der Waals surface area contributed by atoms with Crippen LogP contribution in [0.5, 0.6) is 23.0 Å². The molecule has 1 aliphatic carbocycles. The van der Waals surface area contributed by atoms with Crippen LogP contribution in [0.4, 0.5) is 0 Å². The van der Waals surface area contributed by atoms with Gasteiger partial charge in [0.2, 0.25) is 5.75 Å². The molecule has 2 fully saturated rings. The minimum absolute atomic E-state index is 0.0685. The Kier molecular flexibility index (Phi) is 8.85. The fourth-order valence-electron chi connectivity index (χ4n) is 5.98. The Morgan fingerprint density at radius 3 is 2.16 bits per heavy atom. The monoisotopic (exact) mass is 511 g/mol. The van der Waals surface area contributed by atoms with Crippen LogP contribution in [0.1, 0.15) is 81.8 Å². The van der Waals surface area contributed by atoms with Crippen LogP contribution in [0.25, 0.3) is 0 Å². The minimum atomic E-state index is -0.787. The highest BCUT2D eigenvalue weighted by molar-refractivity contribution is 5.96. The molecule has 0 spiro atoms. The van der Waals surface area contributed by atoms with Crippen LogP contribution < -0.4 is 18.9 Å². The molecular formula is C30H41NO6. The summed E-state index contributed by atoms with van der Waals surface area (Å²) in [4.78, 5) is 16.2. The van der Waals surface area contributed by atoms with Gasteiger partial charge in [-0.05, 0) is 65.2 Å². The van der Waals surface area contributed by atoms with Crippen molar-refractivity contribution in [3.63, 3.8) is 0 Å². The molecule has 0 bridgehead atoms. The summed E-state index contributed by atoms with van der Waals surface area (Å²) in [6.45, 7) is 9.99. The number of carbonyl (C=O) groups is 1. The lowest BCUT2D eigenvalue weighted by Gasteiger charge is -2.52. The number of piperidine rings is 1. The predicted octanol–water partition coefficient (Wildman–Crippen LogP) is 5.79. The minimum Gasteiger partial charge on any atom is -0.494 e. The zero-order chi connectivity index (χ0) is 26.4. The number of hydrogen-bond donors (Lipinski definition) is 1. The molecule has 2 aromatic rings. The summed E-state index contributed by atoms with van der Waals surface area (Å²) in [5.74, 6) is 2.09. The third-order valence-electron chi connectivity index (χ3n) is 7.52. The number of ether oxygens (including phenoxy) is 4. The SMILES string of the molecule is CCOc1ccccc1[C@H]1[C@H]2CCCC[C@]2(O)CCN1C(=O)c1cc(OCC)c(OCC)c(OCC)c1. The van der Waals surface area contributed by atoms with Gasteiger partial charge in [0, 0.05) is 23.6 Å². The summed E-state index contributed by atoms with van der Waals surface area (Å²) in [5, 5.41) is 11.7.